The Morgan fingerprint density at radius 1 is 1.20 bits per heavy atom. The van der Waals surface area contributed by atoms with Crippen molar-refractivity contribution in [1.82, 2.24) is 24.8 Å². The number of aryl methyl sites for hydroxylation is 1. The minimum Gasteiger partial charge on any atom is -0.489 e. The highest BCUT2D eigenvalue weighted by atomic mass is 16.5. The first-order chi connectivity index (χ1) is 12.2. The van der Waals surface area contributed by atoms with Gasteiger partial charge in [0, 0.05) is 32.0 Å². The number of nitrogens with zero attached hydrogens (tertiary/aromatic N) is 6. The van der Waals surface area contributed by atoms with Crippen molar-refractivity contribution in [2.75, 3.05) is 25.1 Å². The molecule has 1 aliphatic rings. The average molecular weight is 340 g/mol. The summed E-state index contributed by atoms with van der Waals surface area (Å²) in [5, 5.41) is 12.6. The Labute approximate surface area is 145 Å². The topological polar surface area (TPSA) is 77.7 Å². The quantitative estimate of drug-likeness (QED) is 0.717. The Bertz CT molecular complexity index is 855. The summed E-state index contributed by atoms with van der Waals surface area (Å²) in [7, 11) is 1.60. The zero-order chi connectivity index (χ0) is 17.2. The van der Waals surface area contributed by atoms with Gasteiger partial charge in [-0.3, -0.25) is 0 Å². The zero-order valence-corrected chi connectivity index (χ0v) is 14.3. The third-order valence-electron chi connectivity index (χ3n) is 4.42. The molecule has 8 heteroatoms. The molecule has 1 fully saturated rings. The highest BCUT2D eigenvalue weighted by molar-refractivity contribution is 5.52. The summed E-state index contributed by atoms with van der Waals surface area (Å²) in [5.41, 5.74) is 1.88. The third-order valence-corrected chi connectivity index (χ3v) is 4.42. The molecule has 0 radical (unpaired) electrons. The van der Waals surface area contributed by atoms with E-state index in [4.69, 9.17) is 9.47 Å². The normalized spacial score (nSPS) is 15.5. The van der Waals surface area contributed by atoms with Crippen LogP contribution in [0.4, 0.5) is 5.82 Å². The van der Waals surface area contributed by atoms with Gasteiger partial charge in [-0.15, -0.1) is 15.3 Å². The van der Waals surface area contributed by atoms with E-state index in [0.29, 0.717) is 5.88 Å². The Kier molecular flexibility index (Phi) is 4.09. The number of aromatic nitrogens is 5. The van der Waals surface area contributed by atoms with Crippen LogP contribution in [0.1, 0.15) is 18.4 Å². The van der Waals surface area contributed by atoms with E-state index in [-0.39, 0.29) is 6.10 Å². The van der Waals surface area contributed by atoms with Crippen molar-refractivity contribution in [2.45, 2.75) is 25.9 Å². The van der Waals surface area contributed by atoms with Crippen LogP contribution in [0.25, 0.3) is 5.65 Å². The summed E-state index contributed by atoms with van der Waals surface area (Å²) >= 11 is 0. The predicted octanol–water partition coefficient (Wildman–Crippen LogP) is 1.88. The van der Waals surface area contributed by atoms with E-state index in [1.165, 1.54) is 0 Å². The van der Waals surface area contributed by atoms with Crippen molar-refractivity contribution in [3.05, 3.63) is 36.3 Å². The van der Waals surface area contributed by atoms with E-state index < -0.39 is 0 Å². The van der Waals surface area contributed by atoms with Gasteiger partial charge in [0.25, 0.3) is 0 Å². The van der Waals surface area contributed by atoms with Gasteiger partial charge in [-0.25, -0.2) is 4.98 Å². The molecule has 0 atom stereocenters. The lowest BCUT2D eigenvalue weighted by atomic mass is 10.1. The van der Waals surface area contributed by atoms with E-state index >= 15 is 0 Å². The van der Waals surface area contributed by atoms with Crippen LogP contribution < -0.4 is 14.4 Å². The molecule has 1 aliphatic heterocycles. The van der Waals surface area contributed by atoms with E-state index in [0.717, 1.165) is 48.7 Å². The van der Waals surface area contributed by atoms with Crippen LogP contribution in [0.3, 0.4) is 0 Å². The van der Waals surface area contributed by atoms with Gasteiger partial charge in [0.1, 0.15) is 18.2 Å². The van der Waals surface area contributed by atoms with Crippen LogP contribution >= 0.6 is 0 Å². The molecule has 0 saturated carbocycles. The molecule has 3 aromatic rings. The van der Waals surface area contributed by atoms with Crippen LogP contribution in [-0.4, -0.2) is 51.1 Å². The van der Waals surface area contributed by atoms with Crippen LogP contribution in [0.5, 0.6) is 11.6 Å². The molecule has 1 saturated heterocycles. The predicted molar refractivity (Wildman–Crippen MR) is 92.2 cm³/mol. The van der Waals surface area contributed by atoms with Gasteiger partial charge in [0.05, 0.1) is 13.3 Å². The van der Waals surface area contributed by atoms with Gasteiger partial charge < -0.3 is 14.4 Å². The number of pyridine rings is 1. The molecule has 8 nitrogen and oxygen atoms in total. The van der Waals surface area contributed by atoms with E-state index in [2.05, 4.69) is 32.1 Å². The molecular formula is C17H20N6O2. The molecule has 130 valence electrons. The maximum atomic E-state index is 6.04. The molecule has 0 unspecified atom stereocenters. The van der Waals surface area contributed by atoms with Crippen molar-refractivity contribution >= 4 is 11.5 Å². The number of hydrogen-bond acceptors (Lipinski definition) is 7. The summed E-state index contributed by atoms with van der Waals surface area (Å²) in [6, 6.07) is 5.72. The van der Waals surface area contributed by atoms with Crippen LogP contribution in [0, 0.1) is 6.92 Å². The molecule has 0 bridgehead atoms. The Morgan fingerprint density at radius 2 is 2.04 bits per heavy atom. The van der Waals surface area contributed by atoms with Crippen molar-refractivity contribution in [3.8, 4) is 11.6 Å². The van der Waals surface area contributed by atoms with Crippen LogP contribution in [0.2, 0.25) is 0 Å². The highest BCUT2D eigenvalue weighted by Gasteiger charge is 2.23. The van der Waals surface area contributed by atoms with Gasteiger partial charge >= 0.3 is 0 Å². The minimum atomic E-state index is 0.186. The number of anilines is 1. The lowest BCUT2D eigenvalue weighted by molar-refractivity contribution is 0.169. The Morgan fingerprint density at radius 3 is 2.76 bits per heavy atom. The first-order valence-corrected chi connectivity index (χ1v) is 8.32. The smallest absolute Gasteiger partial charge is 0.213 e. The number of piperidine rings is 1. The first kappa shape index (κ1) is 15.6. The van der Waals surface area contributed by atoms with Gasteiger partial charge in [0.2, 0.25) is 5.88 Å². The fourth-order valence-electron chi connectivity index (χ4n) is 3.10. The van der Waals surface area contributed by atoms with Crippen molar-refractivity contribution < 1.29 is 9.47 Å². The summed E-state index contributed by atoms with van der Waals surface area (Å²) in [5.74, 6) is 2.35. The van der Waals surface area contributed by atoms with Crippen LogP contribution in [0.15, 0.2) is 30.7 Å². The second-order valence-electron chi connectivity index (χ2n) is 6.13. The number of hydrogen-bond donors (Lipinski definition) is 0. The van der Waals surface area contributed by atoms with Gasteiger partial charge in [-0.05, 0) is 24.6 Å². The fourth-order valence-corrected chi connectivity index (χ4v) is 3.10. The number of methoxy groups -OCH3 is 1. The molecule has 0 aromatic carbocycles. The maximum absolute atomic E-state index is 6.04. The van der Waals surface area contributed by atoms with Crippen molar-refractivity contribution in [1.29, 1.82) is 0 Å². The summed E-state index contributed by atoms with van der Waals surface area (Å²) < 4.78 is 12.8. The lowest BCUT2D eigenvalue weighted by Gasteiger charge is -2.33. The molecule has 25 heavy (non-hydrogen) atoms. The molecule has 0 amide bonds. The van der Waals surface area contributed by atoms with Gasteiger partial charge in [-0.1, -0.05) is 0 Å². The maximum Gasteiger partial charge on any atom is 0.213 e. The molecule has 0 N–H and O–H groups in total. The minimum absolute atomic E-state index is 0.186. The van der Waals surface area contributed by atoms with Gasteiger partial charge in [-0.2, -0.15) is 4.52 Å². The van der Waals surface area contributed by atoms with E-state index in [1.807, 2.05) is 18.2 Å². The average Bonchev–Trinajstić information content (AvgIpc) is 3.09. The lowest BCUT2D eigenvalue weighted by Crippen LogP contribution is -2.39. The summed E-state index contributed by atoms with van der Waals surface area (Å²) in [6.07, 6.45) is 5.40. The Balaban J connectivity index is 1.40. The largest absolute Gasteiger partial charge is 0.489 e. The fraction of sp³-hybridized carbons (Fsp3) is 0.412. The number of ether oxygens (including phenoxy) is 2. The summed E-state index contributed by atoms with van der Waals surface area (Å²) in [4.78, 5) is 6.47. The van der Waals surface area contributed by atoms with Crippen molar-refractivity contribution in [3.63, 3.8) is 0 Å². The molecule has 4 heterocycles. The first-order valence-electron chi connectivity index (χ1n) is 8.32. The second-order valence-corrected chi connectivity index (χ2v) is 6.13. The standard InChI is InChI=1S/C17H20N6O2/c1-12-9-15-20-19-11-23(15)21-17(12)22-7-5-13(6-8-22)25-14-3-4-16(24-2)18-10-14/h3-4,9-11,13H,5-8H2,1-2H3. The molecule has 3 aromatic heterocycles. The van der Waals surface area contributed by atoms with Gasteiger partial charge in [0.15, 0.2) is 11.5 Å². The molecular weight excluding hydrogens is 320 g/mol. The molecule has 0 aliphatic carbocycles. The van der Waals surface area contributed by atoms with E-state index in [9.17, 15) is 0 Å². The summed E-state index contributed by atoms with van der Waals surface area (Å²) in [6.45, 7) is 3.86. The SMILES string of the molecule is COc1ccc(OC2CCN(c3nn4cnnc4cc3C)CC2)cn1. The molecule has 0 spiro atoms. The third kappa shape index (κ3) is 3.19. The number of fused-ring (bicyclic) bond motifs is 1. The highest BCUT2D eigenvalue weighted by Crippen LogP contribution is 2.24. The zero-order valence-electron chi connectivity index (χ0n) is 14.3. The molecule has 4 rings (SSSR count). The van der Waals surface area contributed by atoms with E-state index in [1.54, 1.807) is 24.1 Å². The second kappa shape index (κ2) is 6.54. The Hall–Kier alpha value is -2.90. The van der Waals surface area contributed by atoms with Crippen molar-refractivity contribution in [2.24, 2.45) is 0 Å². The van der Waals surface area contributed by atoms with Crippen LogP contribution in [-0.2, 0) is 0 Å². The number of rotatable bonds is 4. The monoisotopic (exact) mass is 340 g/mol.